The van der Waals surface area contributed by atoms with Crippen LogP contribution in [-0.4, -0.2) is 23.1 Å². The molecule has 2 aromatic rings. The van der Waals surface area contributed by atoms with Gasteiger partial charge in [0.05, 0.1) is 18.0 Å². The minimum absolute atomic E-state index is 0.462. The van der Waals surface area contributed by atoms with Gasteiger partial charge in [0.1, 0.15) is 5.75 Å². The number of nitrogens with one attached hydrogen (secondary N) is 1. The summed E-state index contributed by atoms with van der Waals surface area (Å²) in [5.41, 5.74) is 3.21. The molecule has 88 valence electrons. The van der Waals surface area contributed by atoms with Crippen LogP contribution in [0.3, 0.4) is 0 Å². The maximum Gasteiger partial charge on any atom is 0.167 e. The molecule has 0 atom stereocenters. The van der Waals surface area contributed by atoms with Crippen LogP contribution in [0.25, 0.3) is 11.3 Å². The Bertz CT molecular complexity index is 532. The molecule has 1 N–H and O–H groups in total. The normalized spacial score (nSPS) is 10.2. The number of ether oxygens (including phenoxy) is 1. The Kier molecular flexibility index (Phi) is 3.23. The number of benzene rings is 1. The van der Waals surface area contributed by atoms with Crippen LogP contribution in [-0.2, 0) is 0 Å². The van der Waals surface area contributed by atoms with E-state index in [1.165, 1.54) is 0 Å². The summed E-state index contributed by atoms with van der Waals surface area (Å²) in [5, 5.41) is 6.77. The number of carbonyl (C=O) groups is 1. The molecule has 0 spiro atoms. The van der Waals surface area contributed by atoms with Gasteiger partial charge in [-0.05, 0) is 32.0 Å². The van der Waals surface area contributed by atoms with Crippen molar-refractivity contribution in [3.63, 3.8) is 0 Å². The number of nitrogens with zero attached hydrogens (tertiary/aromatic N) is 1. The zero-order valence-electron chi connectivity index (χ0n) is 9.86. The van der Waals surface area contributed by atoms with Gasteiger partial charge >= 0.3 is 0 Å². The topological polar surface area (TPSA) is 55.0 Å². The van der Waals surface area contributed by atoms with Gasteiger partial charge in [-0.15, -0.1) is 0 Å². The molecule has 17 heavy (non-hydrogen) atoms. The van der Waals surface area contributed by atoms with Crippen molar-refractivity contribution in [2.45, 2.75) is 13.8 Å². The summed E-state index contributed by atoms with van der Waals surface area (Å²) in [5.74, 6) is 0.780. The SMILES string of the molecule is CCOc1ccc(C)cc1-c1cc(C=O)[nH]n1. The summed E-state index contributed by atoms with van der Waals surface area (Å²) in [6.07, 6.45) is 0.743. The van der Waals surface area contributed by atoms with E-state index in [4.69, 9.17) is 4.74 Å². The molecule has 0 saturated carbocycles. The van der Waals surface area contributed by atoms with E-state index in [1.807, 2.05) is 32.0 Å². The lowest BCUT2D eigenvalue weighted by atomic mass is 10.1. The van der Waals surface area contributed by atoms with Gasteiger partial charge in [0.25, 0.3) is 0 Å². The number of aryl methyl sites for hydroxylation is 1. The highest BCUT2D eigenvalue weighted by Gasteiger charge is 2.10. The molecule has 0 aliphatic heterocycles. The van der Waals surface area contributed by atoms with Gasteiger partial charge in [0.2, 0.25) is 0 Å². The van der Waals surface area contributed by atoms with Crippen LogP contribution < -0.4 is 4.74 Å². The first-order chi connectivity index (χ1) is 8.24. The molecule has 0 amide bonds. The molecule has 1 aromatic heterocycles. The van der Waals surface area contributed by atoms with E-state index >= 15 is 0 Å². The molecule has 0 bridgehead atoms. The molecule has 1 aromatic carbocycles. The van der Waals surface area contributed by atoms with Crippen molar-refractivity contribution in [1.29, 1.82) is 0 Å². The quantitative estimate of drug-likeness (QED) is 0.821. The lowest BCUT2D eigenvalue weighted by molar-refractivity contribution is 0.111. The van der Waals surface area contributed by atoms with Crippen molar-refractivity contribution < 1.29 is 9.53 Å². The fourth-order valence-electron chi connectivity index (χ4n) is 1.66. The molecule has 0 saturated heterocycles. The summed E-state index contributed by atoms with van der Waals surface area (Å²) in [7, 11) is 0. The summed E-state index contributed by atoms with van der Waals surface area (Å²) in [6.45, 7) is 4.54. The molecule has 1 heterocycles. The van der Waals surface area contributed by atoms with E-state index in [9.17, 15) is 4.79 Å². The van der Waals surface area contributed by atoms with Crippen molar-refractivity contribution in [1.82, 2.24) is 10.2 Å². The van der Waals surface area contributed by atoms with Crippen molar-refractivity contribution >= 4 is 6.29 Å². The molecule has 0 aliphatic carbocycles. The van der Waals surface area contributed by atoms with E-state index in [2.05, 4.69) is 10.2 Å². The minimum Gasteiger partial charge on any atom is -0.493 e. The average Bonchev–Trinajstić information content (AvgIpc) is 2.80. The highest BCUT2D eigenvalue weighted by molar-refractivity contribution is 5.77. The lowest BCUT2D eigenvalue weighted by Crippen LogP contribution is -1.94. The maximum absolute atomic E-state index is 10.6. The maximum atomic E-state index is 10.6. The number of aldehydes is 1. The van der Waals surface area contributed by atoms with Crippen LogP contribution in [0.4, 0.5) is 0 Å². The minimum atomic E-state index is 0.462. The molecule has 4 nitrogen and oxygen atoms in total. The Hall–Kier alpha value is -2.10. The number of hydrogen-bond acceptors (Lipinski definition) is 3. The first-order valence-electron chi connectivity index (χ1n) is 5.49. The highest BCUT2D eigenvalue weighted by atomic mass is 16.5. The number of carbonyl (C=O) groups excluding carboxylic acids is 1. The summed E-state index contributed by atoms with van der Waals surface area (Å²) in [4.78, 5) is 10.6. The Morgan fingerprint density at radius 1 is 1.41 bits per heavy atom. The van der Waals surface area contributed by atoms with Gasteiger partial charge in [-0.2, -0.15) is 5.10 Å². The second kappa shape index (κ2) is 4.82. The lowest BCUT2D eigenvalue weighted by Gasteiger charge is -2.08. The standard InChI is InChI=1S/C13H14N2O2/c1-3-17-13-5-4-9(2)6-11(13)12-7-10(8-16)14-15-12/h4-8H,3H2,1-2H3,(H,14,15). The third kappa shape index (κ3) is 2.36. The molecule has 0 radical (unpaired) electrons. The first kappa shape index (κ1) is 11.4. The molecule has 0 aliphatic rings. The van der Waals surface area contributed by atoms with Gasteiger partial charge < -0.3 is 4.74 Å². The van der Waals surface area contributed by atoms with E-state index in [1.54, 1.807) is 6.07 Å². The number of H-pyrrole nitrogens is 1. The fourth-order valence-corrected chi connectivity index (χ4v) is 1.66. The highest BCUT2D eigenvalue weighted by Crippen LogP contribution is 2.29. The molecule has 0 fully saturated rings. The fraction of sp³-hybridized carbons (Fsp3) is 0.231. The zero-order chi connectivity index (χ0) is 12.3. The van der Waals surface area contributed by atoms with Crippen LogP contribution in [0.1, 0.15) is 23.0 Å². The van der Waals surface area contributed by atoms with Crippen molar-refractivity contribution in [3.05, 3.63) is 35.5 Å². The monoisotopic (exact) mass is 230 g/mol. The van der Waals surface area contributed by atoms with Gasteiger partial charge in [-0.3, -0.25) is 9.89 Å². The van der Waals surface area contributed by atoms with Gasteiger partial charge in [0, 0.05) is 5.56 Å². The van der Waals surface area contributed by atoms with Crippen molar-refractivity contribution in [3.8, 4) is 17.0 Å². The zero-order valence-corrected chi connectivity index (χ0v) is 9.86. The van der Waals surface area contributed by atoms with Crippen LogP contribution in [0.15, 0.2) is 24.3 Å². The third-order valence-electron chi connectivity index (χ3n) is 2.44. The van der Waals surface area contributed by atoms with Crippen LogP contribution >= 0.6 is 0 Å². The molecule has 0 unspecified atom stereocenters. The van der Waals surface area contributed by atoms with E-state index in [-0.39, 0.29) is 0 Å². The predicted molar refractivity (Wildman–Crippen MR) is 65.3 cm³/mol. The number of aromatic amines is 1. The average molecular weight is 230 g/mol. The summed E-state index contributed by atoms with van der Waals surface area (Å²) < 4.78 is 5.55. The van der Waals surface area contributed by atoms with Crippen LogP contribution in [0, 0.1) is 6.92 Å². The predicted octanol–water partition coefficient (Wildman–Crippen LogP) is 2.60. The smallest absolute Gasteiger partial charge is 0.167 e. The van der Waals surface area contributed by atoms with Crippen molar-refractivity contribution in [2.75, 3.05) is 6.61 Å². The van der Waals surface area contributed by atoms with Gasteiger partial charge in [-0.1, -0.05) is 11.6 Å². The summed E-state index contributed by atoms with van der Waals surface area (Å²) in [6, 6.07) is 7.62. The second-order valence-corrected chi connectivity index (χ2v) is 3.76. The van der Waals surface area contributed by atoms with Crippen molar-refractivity contribution in [2.24, 2.45) is 0 Å². The summed E-state index contributed by atoms with van der Waals surface area (Å²) >= 11 is 0. The second-order valence-electron chi connectivity index (χ2n) is 3.76. The molecular weight excluding hydrogens is 216 g/mol. The Morgan fingerprint density at radius 2 is 2.24 bits per heavy atom. The number of rotatable bonds is 4. The molecular formula is C13H14N2O2. The Morgan fingerprint density at radius 3 is 2.88 bits per heavy atom. The molecule has 2 rings (SSSR count). The van der Waals surface area contributed by atoms with Crippen LogP contribution in [0.2, 0.25) is 0 Å². The number of hydrogen-bond donors (Lipinski definition) is 1. The van der Waals surface area contributed by atoms with Gasteiger partial charge in [0.15, 0.2) is 6.29 Å². The third-order valence-corrected chi connectivity index (χ3v) is 2.44. The first-order valence-corrected chi connectivity index (χ1v) is 5.49. The van der Waals surface area contributed by atoms with Crippen LogP contribution in [0.5, 0.6) is 5.75 Å². The Balaban J connectivity index is 2.48. The van der Waals surface area contributed by atoms with E-state index in [0.717, 1.165) is 28.9 Å². The number of aromatic nitrogens is 2. The van der Waals surface area contributed by atoms with E-state index < -0.39 is 0 Å². The Labute approximate surface area is 99.6 Å². The van der Waals surface area contributed by atoms with Gasteiger partial charge in [-0.25, -0.2) is 0 Å². The largest absolute Gasteiger partial charge is 0.493 e. The molecule has 4 heteroatoms. The van der Waals surface area contributed by atoms with E-state index in [0.29, 0.717) is 12.3 Å².